The molecule has 1 N–H and O–H groups in total. The van der Waals surface area contributed by atoms with Crippen LogP contribution in [0.3, 0.4) is 0 Å². The summed E-state index contributed by atoms with van der Waals surface area (Å²) in [5.74, 6) is 1.52. The molecule has 0 aliphatic rings. The summed E-state index contributed by atoms with van der Waals surface area (Å²) in [6, 6.07) is 13.9. The van der Waals surface area contributed by atoms with E-state index in [1.54, 1.807) is 7.11 Å². The number of methoxy groups -OCH3 is 1. The molecule has 0 aliphatic carbocycles. The van der Waals surface area contributed by atoms with Crippen LogP contribution in [0.5, 0.6) is 5.75 Å². The Hall–Kier alpha value is -2.40. The summed E-state index contributed by atoms with van der Waals surface area (Å²) < 4.78 is 6.22. The molecule has 4 rings (SSSR count). The molecule has 0 saturated heterocycles. The van der Waals surface area contributed by atoms with Gasteiger partial charge in [-0.3, -0.25) is 0 Å². The normalized spacial score (nSPS) is 11.2. The molecule has 0 unspecified atom stereocenters. The second-order valence-electron chi connectivity index (χ2n) is 5.00. The molecule has 0 radical (unpaired) electrons. The van der Waals surface area contributed by atoms with Gasteiger partial charge in [0.2, 0.25) is 0 Å². The number of hydrogen-bond donors (Lipinski definition) is 1. The minimum atomic E-state index is 0.705. The highest BCUT2D eigenvalue weighted by atomic mass is 79.9. The number of nitrogens with one attached hydrogen (secondary N) is 1. The molecule has 4 aromatic rings. The van der Waals surface area contributed by atoms with E-state index in [2.05, 4.69) is 32.0 Å². The molecule has 0 amide bonds. The number of aromatic amines is 1. The largest absolute Gasteiger partial charge is 0.497 e. The number of H-pyrrole nitrogens is 1. The van der Waals surface area contributed by atoms with Gasteiger partial charge in [0.15, 0.2) is 5.82 Å². The minimum Gasteiger partial charge on any atom is -0.497 e. The Morgan fingerprint density at radius 3 is 2.64 bits per heavy atom. The molecule has 0 aliphatic heterocycles. The average molecular weight is 354 g/mol. The first-order chi connectivity index (χ1) is 10.7. The van der Waals surface area contributed by atoms with Crippen LogP contribution in [-0.4, -0.2) is 22.1 Å². The maximum atomic E-state index is 5.18. The fourth-order valence-corrected chi connectivity index (χ4v) is 2.89. The highest BCUT2D eigenvalue weighted by Gasteiger charge is 2.09. The van der Waals surface area contributed by atoms with Crippen LogP contribution >= 0.6 is 15.9 Å². The molecule has 2 aromatic carbocycles. The van der Waals surface area contributed by atoms with Crippen LogP contribution in [0.25, 0.3) is 33.3 Å². The molecule has 22 heavy (non-hydrogen) atoms. The van der Waals surface area contributed by atoms with E-state index in [4.69, 9.17) is 9.72 Å². The van der Waals surface area contributed by atoms with Gasteiger partial charge in [0.05, 0.1) is 24.3 Å². The third kappa shape index (κ3) is 2.14. The van der Waals surface area contributed by atoms with E-state index < -0.39 is 0 Å². The van der Waals surface area contributed by atoms with Crippen LogP contribution in [0.1, 0.15) is 0 Å². The van der Waals surface area contributed by atoms with E-state index in [-0.39, 0.29) is 0 Å². The summed E-state index contributed by atoms with van der Waals surface area (Å²) in [5, 5.41) is 1.08. The average Bonchev–Trinajstić information content (AvgIpc) is 2.92. The predicted octanol–water partition coefficient (Wildman–Crippen LogP) is 4.55. The number of fused-ring (bicyclic) bond motifs is 3. The van der Waals surface area contributed by atoms with Crippen molar-refractivity contribution in [2.24, 2.45) is 0 Å². The Kier molecular flexibility index (Phi) is 3.08. The molecule has 2 aromatic heterocycles. The first-order valence-electron chi connectivity index (χ1n) is 6.83. The van der Waals surface area contributed by atoms with E-state index in [1.165, 1.54) is 0 Å². The Bertz CT molecular complexity index is 976. The van der Waals surface area contributed by atoms with Gasteiger partial charge in [-0.1, -0.05) is 15.9 Å². The van der Waals surface area contributed by atoms with Crippen molar-refractivity contribution in [2.75, 3.05) is 7.11 Å². The number of hydrogen-bond acceptors (Lipinski definition) is 3. The lowest BCUT2D eigenvalue weighted by Gasteiger charge is -2.02. The summed E-state index contributed by atoms with van der Waals surface area (Å²) in [7, 11) is 1.65. The van der Waals surface area contributed by atoms with E-state index in [9.17, 15) is 0 Å². The number of benzene rings is 2. The quantitative estimate of drug-likeness (QED) is 0.575. The van der Waals surface area contributed by atoms with Crippen molar-refractivity contribution in [1.29, 1.82) is 0 Å². The zero-order valence-electron chi connectivity index (χ0n) is 11.8. The van der Waals surface area contributed by atoms with E-state index in [0.717, 1.165) is 37.7 Å². The lowest BCUT2D eigenvalue weighted by Crippen LogP contribution is -1.89. The highest BCUT2D eigenvalue weighted by Crippen LogP contribution is 2.28. The Morgan fingerprint density at radius 2 is 1.86 bits per heavy atom. The zero-order valence-corrected chi connectivity index (χ0v) is 13.4. The van der Waals surface area contributed by atoms with Crippen LogP contribution < -0.4 is 4.74 Å². The van der Waals surface area contributed by atoms with Gasteiger partial charge in [0, 0.05) is 20.9 Å². The van der Waals surface area contributed by atoms with Crippen molar-refractivity contribution in [3.05, 3.63) is 53.1 Å². The molecule has 0 bridgehead atoms. The molecule has 0 spiro atoms. The fraction of sp³-hybridized carbons (Fsp3) is 0.0588. The van der Waals surface area contributed by atoms with Gasteiger partial charge in [0.1, 0.15) is 5.75 Å². The smallest absolute Gasteiger partial charge is 0.159 e. The molecule has 0 fully saturated rings. The molecule has 4 nitrogen and oxygen atoms in total. The summed E-state index contributed by atoms with van der Waals surface area (Å²) in [6.07, 6.45) is 1.83. The molecule has 5 heteroatoms. The second-order valence-corrected chi connectivity index (χ2v) is 5.91. The topological polar surface area (TPSA) is 50.8 Å². The van der Waals surface area contributed by atoms with Gasteiger partial charge in [-0.25, -0.2) is 9.97 Å². The second kappa shape index (κ2) is 5.10. The number of nitrogens with zero attached hydrogens (tertiary/aromatic N) is 2. The third-order valence-corrected chi connectivity index (χ3v) is 4.14. The minimum absolute atomic E-state index is 0.705. The first-order valence-corrected chi connectivity index (χ1v) is 7.62. The maximum Gasteiger partial charge on any atom is 0.159 e. The highest BCUT2D eigenvalue weighted by molar-refractivity contribution is 9.10. The molecule has 108 valence electrons. The van der Waals surface area contributed by atoms with Gasteiger partial charge in [-0.15, -0.1) is 0 Å². The van der Waals surface area contributed by atoms with Crippen LogP contribution in [0.15, 0.2) is 53.1 Å². The summed E-state index contributed by atoms with van der Waals surface area (Å²) in [5.41, 5.74) is 3.88. The van der Waals surface area contributed by atoms with Crippen molar-refractivity contribution in [3.63, 3.8) is 0 Å². The van der Waals surface area contributed by atoms with Crippen molar-refractivity contribution in [2.45, 2.75) is 0 Å². The first kappa shape index (κ1) is 13.3. The van der Waals surface area contributed by atoms with Crippen LogP contribution in [-0.2, 0) is 0 Å². The van der Waals surface area contributed by atoms with Crippen molar-refractivity contribution < 1.29 is 4.74 Å². The summed E-state index contributed by atoms with van der Waals surface area (Å²) in [4.78, 5) is 12.5. The molecular weight excluding hydrogens is 342 g/mol. The number of rotatable bonds is 2. The van der Waals surface area contributed by atoms with E-state index in [0.29, 0.717) is 5.82 Å². The molecule has 0 saturated carbocycles. The monoisotopic (exact) mass is 353 g/mol. The van der Waals surface area contributed by atoms with E-state index >= 15 is 0 Å². The van der Waals surface area contributed by atoms with Gasteiger partial charge in [-0.05, 0) is 42.5 Å². The zero-order chi connectivity index (χ0) is 15.1. The fourth-order valence-electron chi connectivity index (χ4n) is 2.52. The maximum absolute atomic E-state index is 5.18. The van der Waals surface area contributed by atoms with Gasteiger partial charge < -0.3 is 9.72 Å². The molecule has 0 atom stereocenters. The Morgan fingerprint density at radius 1 is 1.05 bits per heavy atom. The number of halogens is 1. The number of ether oxygens (including phenoxy) is 1. The summed E-state index contributed by atoms with van der Waals surface area (Å²) in [6.45, 7) is 0. The SMILES string of the molecule is COc1ccc(-c2ncc3[nH]c4ccc(Br)cc4c3n2)cc1. The van der Waals surface area contributed by atoms with Crippen LogP contribution in [0, 0.1) is 0 Å². The van der Waals surface area contributed by atoms with E-state index in [1.807, 2.05) is 42.6 Å². The molecular formula is C17H12BrN3O. The summed E-state index contributed by atoms with van der Waals surface area (Å²) >= 11 is 3.51. The third-order valence-electron chi connectivity index (χ3n) is 3.64. The van der Waals surface area contributed by atoms with Crippen molar-refractivity contribution in [1.82, 2.24) is 15.0 Å². The molecule has 2 heterocycles. The predicted molar refractivity (Wildman–Crippen MR) is 91.1 cm³/mol. The van der Waals surface area contributed by atoms with Crippen molar-refractivity contribution >= 4 is 37.9 Å². The lowest BCUT2D eigenvalue weighted by atomic mass is 10.2. The van der Waals surface area contributed by atoms with Crippen LogP contribution in [0.2, 0.25) is 0 Å². The van der Waals surface area contributed by atoms with Crippen molar-refractivity contribution in [3.8, 4) is 17.1 Å². The Balaban J connectivity index is 1.91. The van der Waals surface area contributed by atoms with Crippen LogP contribution in [0.4, 0.5) is 0 Å². The standard InChI is InChI=1S/C17H12BrN3O/c1-22-12-5-2-10(3-6-12)17-19-9-15-16(21-17)13-8-11(18)4-7-14(13)20-15/h2-9,20H,1H3. The van der Waals surface area contributed by atoms with Gasteiger partial charge >= 0.3 is 0 Å². The Labute approximate surface area is 135 Å². The van der Waals surface area contributed by atoms with Gasteiger partial charge in [0.25, 0.3) is 0 Å². The van der Waals surface area contributed by atoms with Gasteiger partial charge in [-0.2, -0.15) is 0 Å². The lowest BCUT2D eigenvalue weighted by molar-refractivity contribution is 0.415. The number of aromatic nitrogens is 3.